The van der Waals surface area contributed by atoms with E-state index in [-0.39, 0.29) is 24.7 Å². The Kier molecular flexibility index (Phi) is 4.78. The third kappa shape index (κ3) is 2.77. The maximum Gasteiger partial charge on any atom is 0.0596 e. The lowest BCUT2D eigenvalue weighted by Crippen LogP contribution is -2.44. The summed E-state index contributed by atoms with van der Waals surface area (Å²) in [5, 5.41) is 9.51. The lowest BCUT2D eigenvalue weighted by atomic mass is 10.0. The monoisotopic (exact) mass is 268 g/mol. The maximum atomic E-state index is 9.51. The third-order valence-corrected chi connectivity index (χ3v) is 4.99. The molecule has 1 aromatic rings. The SMILES string of the molecule is CCC(N)C(c1ccc(C)s1)N1CCCC1CO. The fraction of sp³-hybridized carbons (Fsp3) is 0.714. The number of nitrogens with zero attached hydrogens (tertiary/aromatic N) is 1. The first-order valence-corrected chi connectivity index (χ1v) is 7.67. The van der Waals surface area contributed by atoms with Crippen molar-refractivity contribution in [3.8, 4) is 0 Å². The summed E-state index contributed by atoms with van der Waals surface area (Å²) < 4.78 is 0. The molecular weight excluding hydrogens is 244 g/mol. The molecule has 0 aromatic carbocycles. The van der Waals surface area contributed by atoms with Crippen molar-refractivity contribution >= 4 is 11.3 Å². The predicted molar refractivity (Wildman–Crippen MR) is 76.9 cm³/mol. The van der Waals surface area contributed by atoms with E-state index in [1.54, 1.807) is 0 Å². The summed E-state index contributed by atoms with van der Waals surface area (Å²) in [6, 6.07) is 5.07. The number of nitrogens with two attached hydrogens (primary N) is 1. The van der Waals surface area contributed by atoms with Gasteiger partial charge in [-0.15, -0.1) is 11.3 Å². The Hall–Kier alpha value is -0.420. The zero-order valence-corrected chi connectivity index (χ0v) is 12.1. The van der Waals surface area contributed by atoms with Crippen LogP contribution in [0.5, 0.6) is 0 Å². The van der Waals surface area contributed by atoms with Gasteiger partial charge in [-0.1, -0.05) is 6.92 Å². The lowest BCUT2D eigenvalue weighted by Gasteiger charge is -2.35. The van der Waals surface area contributed by atoms with Crippen molar-refractivity contribution in [1.82, 2.24) is 4.90 Å². The van der Waals surface area contributed by atoms with E-state index >= 15 is 0 Å². The van der Waals surface area contributed by atoms with E-state index < -0.39 is 0 Å². The van der Waals surface area contributed by atoms with Gasteiger partial charge in [-0.25, -0.2) is 0 Å². The van der Waals surface area contributed by atoms with E-state index in [1.165, 1.54) is 16.2 Å². The first-order chi connectivity index (χ1) is 8.67. The highest BCUT2D eigenvalue weighted by atomic mass is 32.1. The Morgan fingerprint density at radius 3 is 2.89 bits per heavy atom. The van der Waals surface area contributed by atoms with Gasteiger partial charge in [0.15, 0.2) is 0 Å². The van der Waals surface area contributed by atoms with Crippen molar-refractivity contribution < 1.29 is 5.11 Å². The molecule has 1 saturated heterocycles. The highest BCUT2D eigenvalue weighted by molar-refractivity contribution is 7.12. The fourth-order valence-corrected chi connectivity index (χ4v) is 3.95. The number of aliphatic hydroxyl groups is 1. The Morgan fingerprint density at radius 2 is 2.33 bits per heavy atom. The zero-order chi connectivity index (χ0) is 13.1. The minimum atomic E-state index is 0.148. The summed E-state index contributed by atoms with van der Waals surface area (Å²) in [6.07, 6.45) is 3.23. The van der Waals surface area contributed by atoms with E-state index in [0.717, 1.165) is 19.4 Å². The molecule has 0 radical (unpaired) electrons. The number of hydrogen-bond acceptors (Lipinski definition) is 4. The minimum absolute atomic E-state index is 0.148. The van der Waals surface area contributed by atoms with E-state index in [9.17, 15) is 5.11 Å². The normalized spacial score (nSPS) is 24.3. The van der Waals surface area contributed by atoms with Crippen molar-refractivity contribution in [2.24, 2.45) is 5.73 Å². The third-order valence-electron chi connectivity index (χ3n) is 3.92. The number of rotatable bonds is 5. The molecule has 2 heterocycles. The van der Waals surface area contributed by atoms with Gasteiger partial charge in [-0.3, -0.25) is 4.90 Å². The summed E-state index contributed by atoms with van der Waals surface area (Å²) in [6.45, 7) is 5.58. The van der Waals surface area contributed by atoms with E-state index in [4.69, 9.17) is 5.73 Å². The fourth-order valence-electron chi connectivity index (χ4n) is 2.88. The van der Waals surface area contributed by atoms with Crippen molar-refractivity contribution in [1.29, 1.82) is 0 Å². The van der Waals surface area contributed by atoms with Gasteiger partial charge in [-0.05, 0) is 44.9 Å². The Balaban J connectivity index is 2.25. The number of likely N-dealkylation sites (tertiary alicyclic amines) is 1. The van der Waals surface area contributed by atoms with E-state index in [2.05, 4.69) is 30.9 Å². The van der Waals surface area contributed by atoms with Crippen LogP contribution in [0.2, 0.25) is 0 Å². The second kappa shape index (κ2) is 6.15. The van der Waals surface area contributed by atoms with Crippen LogP contribution in [0.3, 0.4) is 0 Å². The second-order valence-corrected chi connectivity index (χ2v) is 6.50. The number of aryl methyl sites for hydroxylation is 1. The Bertz CT molecular complexity index is 380. The quantitative estimate of drug-likeness (QED) is 0.861. The zero-order valence-electron chi connectivity index (χ0n) is 11.3. The summed E-state index contributed by atoms with van der Waals surface area (Å²) >= 11 is 1.84. The molecule has 1 aliphatic rings. The van der Waals surface area contributed by atoms with Crippen LogP contribution < -0.4 is 5.73 Å². The molecule has 1 aromatic heterocycles. The van der Waals surface area contributed by atoms with Gasteiger partial charge in [0.05, 0.1) is 12.6 Å². The number of aliphatic hydroxyl groups excluding tert-OH is 1. The largest absolute Gasteiger partial charge is 0.395 e. The molecule has 0 amide bonds. The van der Waals surface area contributed by atoms with Crippen LogP contribution in [0.1, 0.15) is 42.0 Å². The first-order valence-electron chi connectivity index (χ1n) is 6.85. The molecular formula is C14H24N2OS. The molecule has 1 fully saturated rings. The molecule has 102 valence electrons. The second-order valence-electron chi connectivity index (χ2n) is 5.18. The average Bonchev–Trinajstić information content (AvgIpc) is 2.99. The smallest absolute Gasteiger partial charge is 0.0596 e. The Morgan fingerprint density at radius 1 is 1.56 bits per heavy atom. The summed E-state index contributed by atoms with van der Waals surface area (Å²) in [7, 11) is 0. The van der Waals surface area contributed by atoms with Gasteiger partial charge in [-0.2, -0.15) is 0 Å². The molecule has 2 rings (SSSR count). The average molecular weight is 268 g/mol. The molecule has 0 saturated carbocycles. The number of thiophene rings is 1. The molecule has 3 unspecified atom stereocenters. The Labute approximate surface area is 114 Å². The molecule has 0 spiro atoms. The number of hydrogen-bond donors (Lipinski definition) is 2. The highest BCUT2D eigenvalue weighted by Gasteiger charge is 2.34. The van der Waals surface area contributed by atoms with Crippen LogP contribution in [0.25, 0.3) is 0 Å². The molecule has 3 nitrogen and oxygen atoms in total. The molecule has 0 aliphatic carbocycles. The van der Waals surface area contributed by atoms with Crippen molar-refractivity contribution in [2.45, 2.75) is 51.2 Å². The summed E-state index contributed by atoms with van der Waals surface area (Å²) in [5.41, 5.74) is 6.34. The van der Waals surface area contributed by atoms with Crippen LogP contribution in [-0.2, 0) is 0 Å². The molecule has 0 bridgehead atoms. The van der Waals surface area contributed by atoms with Gasteiger partial charge >= 0.3 is 0 Å². The molecule has 4 heteroatoms. The van der Waals surface area contributed by atoms with Gasteiger partial charge in [0.1, 0.15) is 0 Å². The van der Waals surface area contributed by atoms with Gasteiger partial charge in [0, 0.05) is 21.8 Å². The predicted octanol–water partition coefficient (Wildman–Crippen LogP) is 2.29. The van der Waals surface area contributed by atoms with Crippen LogP contribution in [-0.4, -0.2) is 35.2 Å². The van der Waals surface area contributed by atoms with Gasteiger partial charge < -0.3 is 10.8 Å². The van der Waals surface area contributed by atoms with E-state index in [0.29, 0.717) is 0 Å². The van der Waals surface area contributed by atoms with Crippen molar-refractivity contribution in [3.63, 3.8) is 0 Å². The van der Waals surface area contributed by atoms with Crippen LogP contribution in [0.15, 0.2) is 12.1 Å². The van der Waals surface area contributed by atoms with Crippen molar-refractivity contribution in [2.75, 3.05) is 13.2 Å². The van der Waals surface area contributed by atoms with Gasteiger partial charge in [0.25, 0.3) is 0 Å². The molecule has 3 N–H and O–H groups in total. The van der Waals surface area contributed by atoms with Crippen LogP contribution in [0.4, 0.5) is 0 Å². The lowest BCUT2D eigenvalue weighted by molar-refractivity contribution is 0.106. The topological polar surface area (TPSA) is 49.5 Å². The molecule has 1 aliphatic heterocycles. The van der Waals surface area contributed by atoms with Crippen molar-refractivity contribution in [3.05, 3.63) is 21.9 Å². The van der Waals surface area contributed by atoms with Gasteiger partial charge in [0.2, 0.25) is 0 Å². The highest BCUT2D eigenvalue weighted by Crippen LogP contribution is 2.35. The maximum absolute atomic E-state index is 9.51. The van der Waals surface area contributed by atoms with E-state index in [1.807, 2.05) is 11.3 Å². The van der Waals surface area contributed by atoms with Crippen LogP contribution in [0, 0.1) is 6.92 Å². The summed E-state index contributed by atoms with van der Waals surface area (Å²) in [4.78, 5) is 5.10. The first kappa shape index (κ1) is 14.0. The van der Waals surface area contributed by atoms with Crippen LogP contribution >= 0.6 is 11.3 Å². The standard InChI is InChI=1S/C14H24N2OS/c1-3-12(15)14(13-7-6-10(2)18-13)16-8-4-5-11(16)9-17/h6-7,11-12,14,17H,3-5,8-9,15H2,1-2H3. The molecule has 18 heavy (non-hydrogen) atoms. The molecule has 3 atom stereocenters. The summed E-state index contributed by atoms with van der Waals surface area (Å²) in [5.74, 6) is 0. The minimum Gasteiger partial charge on any atom is -0.395 e.